The molecule has 12 heteroatoms. The van der Waals surface area contributed by atoms with Crippen molar-refractivity contribution in [3.63, 3.8) is 0 Å². The molecule has 4 aromatic rings. The van der Waals surface area contributed by atoms with Crippen molar-refractivity contribution >= 4 is 28.2 Å². The maximum Gasteiger partial charge on any atom is 0.284 e. The van der Waals surface area contributed by atoms with E-state index in [4.69, 9.17) is 10.5 Å². The number of aromatic nitrogens is 4. The van der Waals surface area contributed by atoms with Crippen molar-refractivity contribution in [3.05, 3.63) is 70.3 Å². The summed E-state index contributed by atoms with van der Waals surface area (Å²) in [5, 5.41) is 11.3. The minimum absolute atomic E-state index is 0.0684. The fourth-order valence-corrected chi connectivity index (χ4v) is 4.47. The van der Waals surface area contributed by atoms with Gasteiger partial charge < -0.3 is 20.7 Å². The smallest absolute Gasteiger partial charge is 0.284 e. The first-order valence-corrected chi connectivity index (χ1v) is 11.2. The molecule has 1 aliphatic rings. The highest BCUT2D eigenvalue weighted by Gasteiger charge is 2.27. The van der Waals surface area contributed by atoms with Crippen molar-refractivity contribution in [3.8, 4) is 11.4 Å². The number of halogens is 2. The molecule has 5 rings (SSSR count). The van der Waals surface area contributed by atoms with E-state index in [1.807, 2.05) is 4.90 Å². The van der Waals surface area contributed by atoms with Crippen LogP contribution in [0.15, 0.2) is 47.5 Å². The van der Waals surface area contributed by atoms with E-state index in [0.29, 0.717) is 24.2 Å². The van der Waals surface area contributed by atoms with E-state index in [-0.39, 0.29) is 34.2 Å². The second-order valence-corrected chi connectivity index (χ2v) is 8.52. The minimum Gasteiger partial charge on any atom is -0.494 e. The number of nitrogens with one attached hydrogen (secondary N) is 1. The standard InChI is InChI=1S/C24H23F2N7O3/c1-31-12-15-20(30-31)17(26)10-18(21(15)32-9-7-13(27)11-32)29-23(34)14-6-8-28-33(24(14)35)22-16(25)4-3-5-19(22)36-2/h3-6,8,10,12-13H,7,9,11,27H2,1-2H3,(H,29,34)/t13-/m0/s1. The monoisotopic (exact) mass is 495 g/mol. The molecule has 2 aromatic carbocycles. The molecule has 3 N–H and O–H groups in total. The molecule has 186 valence electrons. The van der Waals surface area contributed by atoms with Crippen molar-refractivity contribution in [1.29, 1.82) is 0 Å². The van der Waals surface area contributed by atoms with Crippen LogP contribution in [0.5, 0.6) is 5.75 Å². The Balaban J connectivity index is 1.59. The highest BCUT2D eigenvalue weighted by molar-refractivity contribution is 6.09. The molecule has 1 amide bonds. The van der Waals surface area contributed by atoms with Crippen molar-refractivity contribution < 1.29 is 18.3 Å². The molecule has 0 saturated carbocycles. The molecule has 10 nitrogen and oxygen atoms in total. The summed E-state index contributed by atoms with van der Waals surface area (Å²) in [6.45, 7) is 1.11. The van der Waals surface area contributed by atoms with Gasteiger partial charge in [0.2, 0.25) is 0 Å². The lowest BCUT2D eigenvalue weighted by atomic mass is 10.1. The molecule has 1 atom stereocenters. The molecule has 0 spiro atoms. The van der Waals surface area contributed by atoms with E-state index in [2.05, 4.69) is 15.5 Å². The van der Waals surface area contributed by atoms with Gasteiger partial charge in [-0.15, -0.1) is 0 Å². The van der Waals surface area contributed by atoms with Gasteiger partial charge in [-0.1, -0.05) is 6.07 Å². The van der Waals surface area contributed by atoms with Crippen LogP contribution in [0.4, 0.5) is 20.2 Å². The Morgan fingerprint density at radius 3 is 2.75 bits per heavy atom. The van der Waals surface area contributed by atoms with Gasteiger partial charge in [-0.2, -0.15) is 14.9 Å². The van der Waals surface area contributed by atoms with Gasteiger partial charge in [-0.3, -0.25) is 14.3 Å². The second-order valence-electron chi connectivity index (χ2n) is 8.52. The normalized spacial score (nSPS) is 15.5. The third-order valence-corrected chi connectivity index (χ3v) is 6.10. The highest BCUT2D eigenvalue weighted by Crippen LogP contribution is 2.38. The molecule has 2 aromatic heterocycles. The number of methoxy groups -OCH3 is 1. The third-order valence-electron chi connectivity index (χ3n) is 6.10. The number of rotatable bonds is 5. The molecule has 36 heavy (non-hydrogen) atoms. The van der Waals surface area contributed by atoms with Gasteiger partial charge in [0, 0.05) is 50.0 Å². The maximum absolute atomic E-state index is 14.9. The molecular weight excluding hydrogens is 472 g/mol. The Bertz CT molecular complexity index is 1550. The minimum atomic E-state index is -0.869. The number of aryl methyl sites for hydroxylation is 1. The number of ether oxygens (including phenoxy) is 1. The molecule has 1 fully saturated rings. The van der Waals surface area contributed by atoms with Gasteiger partial charge in [-0.25, -0.2) is 8.78 Å². The Morgan fingerprint density at radius 2 is 2.03 bits per heavy atom. The van der Waals surface area contributed by atoms with Crippen LogP contribution < -0.4 is 26.2 Å². The van der Waals surface area contributed by atoms with E-state index in [1.165, 1.54) is 42.3 Å². The summed E-state index contributed by atoms with van der Waals surface area (Å²) >= 11 is 0. The second kappa shape index (κ2) is 9.04. The van der Waals surface area contributed by atoms with Crippen LogP contribution in [0.1, 0.15) is 16.8 Å². The zero-order valence-corrected chi connectivity index (χ0v) is 19.5. The van der Waals surface area contributed by atoms with Crippen LogP contribution in [-0.2, 0) is 7.05 Å². The van der Waals surface area contributed by atoms with E-state index >= 15 is 0 Å². The predicted molar refractivity (Wildman–Crippen MR) is 130 cm³/mol. The SMILES string of the molecule is COc1cccc(F)c1-n1nccc(C(=O)Nc2cc(F)c3nn(C)cc3c2N2CC[C@H](N)C2)c1=O. The Kier molecular flexibility index (Phi) is 5.88. The first-order valence-electron chi connectivity index (χ1n) is 11.2. The third kappa shape index (κ3) is 3.94. The molecule has 0 aliphatic carbocycles. The topological polar surface area (TPSA) is 120 Å². The predicted octanol–water partition coefficient (Wildman–Crippen LogP) is 2.20. The zero-order valence-electron chi connectivity index (χ0n) is 19.5. The lowest BCUT2D eigenvalue weighted by Crippen LogP contribution is -2.31. The Hall–Kier alpha value is -4.32. The Labute approximate surface area is 203 Å². The average molecular weight is 495 g/mol. The van der Waals surface area contributed by atoms with Gasteiger partial charge in [-0.05, 0) is 24.6 Å². The van der Waals surface area contributed by atoms with E-state index < -0.39 is 23.1 Å². The van der Waals surface area contributed by atoms with Crippen molar-refractivity contribution in [1.82, 2.24) is 19.6 Å². The largest absolute Gasteiger partial charge is 0.494 e. The summed E-state index contributed by atoms with van der Waals surface area (Å²) in [7, 11) is 3.00. The number of amides is 1. The Morgan fingerprint density at radius 1 is 1.22 bits per heavy atom. The fourth-order valence-electron chi connectivity index (χ4n) is 4.47. The molecule has 3 heterocycles. The van der Waals surface area contributed by atoms with Crippen molar-refractivity contribution in [2.45, 2.75) is 12.5 Å². The van der Waals surface area contributed by atoms with Gasteiger partial charge in [0.15, 0.2) is 11.6 Å². The van der Waals surface area contributed by atoms with Crippen LogP contribution in [0.25, 0.3) is 16.6 Å². The number of carbonyl (C=O) groups is 1. The number of carbonyl (C=O) groups excluding carboxylic acids is 1. The summed E-state index contributed by atoms with van der Waals surface area (Å²) in [5.74, 6) is -2.12. The van der Waals surface area contributed by atoms with Gasteiger partial charge >= 0.3 is 0 Å². The van der Waals surface area contributed by atoms with Gasteiger partial charge in [0.25, 0.3) is 11.5 Å². The first-order chi connectivity index (χ1) is 17.3. The number of para-hydroxylation sites is 1. The van der Waals surface area contributed by atoms with E-state index in [0.717, 1.165) is 17.2 Å². The summed E-state index contributed by atoms with van der Waals surface area (Å²) in [5.41, 5.74) is 5.57. The number of fused-ring (bicyclic) bond motifs is 1. The summed E-state index contributed by atoms with van der Waals surface area (Å²) in [6.07, 6.45) is 3.59. The fraction of sp³-hybridized carbons (Fsp3) is 0.250. The van der Waals surface area contributed by atoms with Crippen LogP contribution >= 0.6 is 0 Å². The van der Waals surface area contributed by atoms with Gasteiger partial charge in [0.1, 0.15) is 22.5 Å². The molecule has 0 radical (unpaired) electrons. The van der Waals surface area contributed by atoms with E-state index in [1.54, 1.807) is 13.2 Å². The number of hydrogen-bond donors (Lipinski definition) is 2. The van der Waals surface area contributed by atoms with Crippen LogP contribution in [0.3, 0.4) is 0 Å². The molecule has 0 bridgehead atoms. The zero-order chi connectivity index (χ0) is 25.6. The number of benzene rings is 2. The first kappa shape index (κ1) is 23.4. The summed E-state index contributed by atoms with van der Waals surface area (Å²) in [4.78, 5) is 28.4. The molecule has 0 unspecified atom stereocenters. The summed E-state index contributed by atoms with van der Waals surface area (Å²) in [6, 6.07) is 6.36. The number of nitrogens with two attached hydrogens (primary N) is 1. The lowest BCUT2D eigenvalue weighted by molar-refractivity contribution is 0.102. The van der Waals surface area contributed by atoms with Crippen LogP contribution in [0, 0.1) is 11.6 Å². The van der Waals surface area contributed by atoms with Gasteiger partial charge in [0.05, 0.1) is 18.5 Å². The van der Waals surface area contributed by atoms with Crippen LogP contribution in [0.2, 0.25) is 0 Å². The maximum atomic E-state index is 14.9. The number of nitrogens with zero attached hydrogens (tertiary/aromatic N) is 5. The molecule has 1 saturated heterocycles. The molecule has 1 aliphatic heterocycles. The van der Waals surface area contributed by atoms with E-state index in [9.17, 15) is 18.4 Å². The highest BCUT2D eigenvalue weighted by atomic mass is 19.1. The average Bonchev–Trinajstić information content (AvgIpc) is 3.45. The molecular formula is C24H23F2N7O3. The summed E-state index contributed by atoms with van der Waals surface area (Å²) < 4.78 is 36.9. The number of hydrogen-bond acceptors (Lipinski definition) is 7. The van der Waals surface area contributed by atoms with Crippen molar-refractivity contribution in [2.75, 3.05) is 30.4 Å². The van der Waals surface area contributed by atoms with Crippen molar-refractivity contribution in [2.24, 2.45) is 12.8 Å². The quantitative estimate of drug-likeness (QED) is 0.436. The van der Waals surface area contributed by atoms with Crippen LogP contribution in [-0.4, -0.2) is 51.7 Å². The lowest BCUT2D eigenvalue weighted by Gasteiger charge is -2.23. The number of anilines is 2.